The maximum Gasteiger partial charge on any atom is 2.00 e. The monoisotopic (exact) mass is 225 g/mol. The van der Waals surface area contributed by atoms with Crippen molar-refractivity contribution in [3.8, 4) is 0 Å². The zero-order valence-electron chi connectivity index (χ0n) is 3.29. The zero-order valence-corrected chi connectivity index (χ0v) is 8.85. The Morgan fingerprint density at radius 3 is 1.14 bits per heavy atom. The molecule has 0 aromatic heterocycles. The average Bonchev–Trinajstić information content (AvgIpc) is 0.722. The summed E-state index contributed by atoms with van der Waals surface area (Å²) in [6.07, 6.45) is 0. The van der Waals surface area contributed by atoms with Gasteiger partial charge in [-0.3, -0.25) is 0 Å². The SMILES string of the molecule is O=P([O-])([O-])[O-].[Ca+2].[Zr+2]. The van der Waals surface area contributed by atoms with Crippen LogP contribution in [0.25, 0.3) is 0 Å². The van der Waals surface area contributed by atoms with E-state index in [0.717, 1.165) is 0 Å². The summed E-state index contributed by atoms with van der Waals surface area (Å²) in [4.78, 5) is 25.6. The van der Waals surface area contributed by atoms with E-state index >= 15 is 0 Å². The fourth-order valence-corrected chi connectivity index (χ4v) is 0. The molecule has 0 aromatic carbocycles. The van der Waals surface area contributed by atoms with Crippen LogP contribution in [0.3, 0.4) is 0 Å². The van der Waals surface area contributed by atoms with Gasteiger partial charge in [0.15, 0.2) is 0 Å². The predicted octanol–water partition coefficient (Wildman–Crippen LogP) is -3.21. The predicted molar refractivity (Wildman–Crippen MR) is 13.4 cm³/mol. The summed E-state index contributed by atoms with van der Waals surface area (Å²) < 4.78 is 8.55. The minimum Gasteiger partial charge on any atom is -0.822 e. The van der Waals surface area contributed by atoms with Crippen LogP contribution in [0.15, 0.2) is 0 Å². The third-order valence-electron chi connectivity index (χ3n) is 0. The largest absolute Gasteiger partial charge is 2.00 e. The summed E-state index contributed by atoms with van der Waals surface area (Å²) in [5.74, 6) is 0. The molecule has 0 spiro atoms. The fourth-order valence-electron chi connectivity index (χ4n) is 0. The number of hydrogen-bond donors (Lipinski definition) is 0. The molecule has 34 valence electrons. The second-order valence-electron chi connectivity index (χ2n) is 0.447. The average molecular weight is 226 g/mol. The Balaban J connectivity index is -0.0000000800. The molecule has 0 aliphatic heterocycles. The Hall–Kier alpha value is 2.25. The van der Waals surface area contributed by atoms with Crippen molar-refractivity contribution in [2.24, 2.45) is 0 Å². The molecule has 0 N–H and O–H groups in total. The van der Waals surface area contributed by atoms with Gasteiger partial charge < -0.3 is 19.2 Å². The number of rotatable bonds is 0. The molecule has 7 heteroatoms. The molecule has 0 saturated heterocycles. The van der Waals surface area contributed by atoms with Crippen LogP contribution < -0.4 is 14.7 Å². The van der Waals surface area contributed by atoms with Crippen molar-refractivity contribution in [2.45, 2.75) is 0 Å². The van der Waals surface area contributed by atoms with Crippen molar-refractivity contribution >= 4 is 45.6 Å². The molecule has 0 unspecified atom stereocenters. The van der Waals surface area contributed by atoms with Gasteiger partial charge >= 0.3 is 63.9 Å². The minimum atomic E-state index is -5.39. The number of hydrogen-bond acceptors (Lipinski definition) is 4. The Morgan fingerprint density at radius 1 is 1.14 bits per heavy atom. The van der Waals surface area contributed by atoms with Gasteiger partial charge in [0.2, 0.25) is 0 Å². The quantitative estimate of drug-likeness (QED) is 0.321. The third-order valence-corrected chi connectivity index (χ3v) is 0. The first-order valence-electron chi connectivity index (χ1n) is 0.730. The van der Waals surface area contributed by atoms with Gasteiger partial charge in [-0.05, 0) is 0 Å². The minimum absolute atomic E-state index is 0. The smallest absolute Gasteiger partial charge is 0.822 e. The van der Waals surface area contributed by atoms with E-state index in [1.165, 1.54) is 0 Å². The molecule has 0 bridgehead atoms. The van der Waals surface area contributed by atoms with Gasteiger partial charge in [-0.25, -0.2) is 0 Å². The first-order chi connectivity index (χ1) is 2.00. The molecule has 0 saturated carbocycles. The molecule has 0 amide bonds. The molecule has 0 rings (SSSR count). The standard InChI is InChI=1S/Ca.H3O4P.Zr/c;1-5(2,3)4;/h;(H3,1,2,3,4);/q+2;;+2/p-3. The van der Waals surface area contributed by atoms with Gasteiger partial charge in [0.1, 0.15) is 0 Å². The summed E-state index contributed by atoms with van der Waals surface area (Å²) >= 11 is 0. The van der Waals surface area contributed by atoms with Crippen LogP contribution in [-0.4, -0.2) is 37.7 Å². The first-order valence-corrected chi connectivity index (χ1v) is 2.19. The van der Waals surface area contributed by atoms with Crippen LogP contribution in [0.1, 0.15) is 0 Å². The van der Waals surface area contributed by atoms with Crippen molar-refractivity contribution in [1.82, 2.24) is 0 Å². The van der Waals surface area contributed by atoms with E-state index in [4.69, 9.17) is 19.2 Å². The maximum atomic E-state index is 8.55. The first kappa shape index (κ1) is 16.1. The zero-order chi connectivity index (χ0) is 4.50. The Labute approximate surface area is 89.7 Å². The molecule has 0 atom stereocenters. The molecule has 0 radical (unpaired) electrons. The van der Waals surface area contributed by atoms with Crippen LogP contribution in [0.5, 0.6) is 0 Å². The summed E-state index contributed by atoms with van der Waals surface area (Å²) in [5, 5.41) is 0. The Morgan fingerprint density at radius 2 is 1.14 bits per heavy atom. The van der Waals surface area contributed by atoms with E-state index in [1.807, 2.05) is 0 Å². The second kappa shape index (κ2) is 6.37. The molecule has 7 heavy (non-hydrogen) atoms. The van der Waals surface area contributed by atoms with Crippen molar-refractivity contribution in [3.05, 3.63) is 0 Å². The number of phosphoric acid groups is 1. The summed E-state index contributed by atoms with van der Waals surface area (Å²) in [5.41, 5.74) is 0. The fraction of sp³-hybridized carbons (Fsp3) is 0. The van der Waals surface area contributed by atoms with Gasteiger partial charge in [0, 0.05) is 0 Å². The third kappa shape index (κ3) is 63.6. The molecule has 0 aliphatic rings. The summed E-state index contributed by atoms with van der Waals surface area (Å²) in [6, 6.07) is 0. The molecular weight excluding hydrogens is 226 g/mol. The van der Waals surface area contributed by atoms with Gasteiger partial charge in [-0.2, -0.15) is 7.82 Å². The topological polar surface area (TPSA) is 86.2 Å². The second-order valence-corrected chi connectivity index (χ2v) is 1.34. The normalized spacial score (nSPS) is 8.43. The van der Waals surface area contributed by atoms with E-state index in [1.54, 1.807) is 0 Å². The van der Waals surface area contributed by atoms with Crippen molar-refractivity contribution in [3.63, 3.8) is 0 Å². The summed E-state index contributed by atoms with van der Waals surface area (Å²) in [6.45, 7) is 0. The van der Waals surface area contributed by atoms with E-state index in [9.17, 15) is 0 Å². The molecular formula is CaO4PZr+. The molecule has 0 aromatic rings. The van der Waals surface area contributed by atoms with Gasteiger partial charge in [-0.15, -0.1) is 0 Å². The van der Waals surface area contributed by atoms with Crippen molar-refractivity contribution in [1.29, 1.82) is 0 Å². The molecule has 0 heterocycles. The molecule has 4 nitrogen and oxygen atoms in total. The van der Waals surface area contributed by atoms with E-state index in [2.05, 4.69) is 0 Å². The summed E-state index contributed by atoms with van der Waals surface area (Å²) in [7, 11) is -5.39. The Bertz CT molecular complexity index is 57.8. The van der Waals surface area contributed by atoms with Crippen molar-refractivity contribution in [2.75, 3.05) is 0 Å². The molecule has 0 fully saturated rings. The van der Waals surface area contributed by atoms with E-state index in [-0.39, 0.29) is 63.9 Å². The van der Waals surface area contributed by atoms with Crippen LogP contribution in [0, 0.1) is 0 Å². The van der Waals surface area contributed by atoms with Gasteiger partial charge in [0.25, 0.3) is 0 Å². The van der Waals surface area contributed by atoms with Crippen LogP contribution in [-0.2, 0) is 30.8 Å². The van der Waals surface area contributed by atoms with Gasteiger partial charge in [0.05, 0.1) is 0 Å². The van der Waals surface area contributed by atoms with Crippen LogP contribution in [0.4, 0.5) is 0 Å². The molecule has 0 aliphatic carbocycles. The van der Waals surface area contributed by atoms with E-state index < -0.39 is 7.82 Å². The van der Waals surface area contributed by atoms with E-state index in [0.29, 0.717) is 0 Å². The van der Waals surface area contributed by atoms with Gasteiger partial charge in [-0.1, -0.05) is 0 Å². The van der Waals surface area contributed by atoms with Crippen molar-refractivity contribution < 1.29 is 45.4 Å². The Kier molecular flexibility index (Phi) is 14.7. The van der Waals surface area contributed by atoms with Crippen LogP contribution in [0.2, 0.25) is 0 Å². The van der Waals surface area contributed by atoms with Crippen LogP contribution >= 0.6 is 7.82 Å². The maximum absolute atomic E-state index is 8.55.